The third kappa shape index (κ3) is 9.51. The standard InChI is InChI=1S/C14H23N3O6/c1-9(2)22-8-23-14(20)12(6-5-11(18)7-16-15)17-13(19)10(3)21-4/h7,9-10,12H,5-6,8H2,1-4H3,(H,17,19)/t10-,12+/m1/s1. The zero-order valence-electron chi connectivity index (χ0n) is 13.8. The molecule has 0 aromatic rings. The van der Waals surface area contributed by atoms with Gasteiger partial charge in [0.15, 0.2) is 6.79 Å². The van der Waals surface area contributed by atoms with Gasteiger partial charge in [-0.3, -0.25) is 9.59 Å². The van der Waals surface area contributed by atoms with E-state index < -0.39 is 29.8 Å². The minimum atomic E-state index is -1.04. The largest absolute Gasteiger partial charge is 0.437 e. The van der Waals surface area contributed by atoms with E-state index in [2.05, 4.69) is 10.1 Å². The molecule has 130 valence electrons. The van der Waals surface area contributed by atoms with Crippen LogP contribution in [-0.2, 0) is 28.6 Å². The maximum absolute atomic E-state index is 12.0. The van der Waals surface area contributed by atoms with Crippen molar-refractivity contribution in [2.75, 3.05) is 13.9 Å². The van der Waals surface area contributed by atoms with Crippen molar-refractivity contribution < 1.29 is 33.4 Å². The SMILES string of the molecule is CO[C@H](C)C(=O)N[C@@H](CCC(=O)C=[N+]=[N-])C(=O)OCOC(C)C. The predicted molar refractivity (Wildman–Crippen MR) is 79.5 cm³/mol. The van der Waals surface area contributed by atoms with Crippen LogP contribution in [0.2, 0.25) is 0 Å². The van der Waals surface area contributed by atoms with Crippen LogP contribution in [0.4, 0.5) is 0 Å². The van der Waals surface area contributed by atoms with Crippen molar-refractivity contribution >= 4 is 23.9 Å². The highest BCUT2D eigenvalue weighted by Gasteiger charge is 2.25. The number of ketones is 1. The van der Waals surface area contributed by atoms with Crippen molar-refractivity contribution in [1.82, 2.24) is 5.32 Å². The fourth-order valence-corrected chi connectivity index (χ4v) is 1.39. The van der Waals surface area contributed by atoms with Gasteiger partial charge in [-0.05, 0) is 27.2 Å². The molecular formula is C14H23N3O6. The Morgan fingerprint density at radius 2 is 1.91 bits per heavy atom. The summed E-state index contributed by atoms with van der Waals surface area (Å²) in [5, 5.41) is 2.45. The van der Waals surface area contributed by atoms with Crippen LogP contribution in [0.3, 0.4) is 0 Å². The fraction of sp³-hybridized carbons (Fsp3) is 0.714. The van der Waals surface area contributed by atoms with Gasteiger partial charge in [-0.25, -0.2) is 4.79 Å². The van der Waals surface area contributed by atoms with Crippen molar-refractivity contribution in [3.63, 3.8) is 0 Å². The first-order chi connectivity index (χ1) is 10.8. The van der Waals surface area contributed by atoms with Crippen LogP contribution in [0.15, 0.2) is 0 Å². The Bertz CT molecular complexity index is 459. The summed E-state index contributed by atoms with van der Waals surface area (Å²) >= 11 is 0. The van der Waals surface area contributed by atoms with Crippen molar-refractivity contribution in [3.8, 4) is 0 Å². The van der Waals surface area contributed by atoms with E-state index in [0.29, 0.717) is 0 Å². The normalized spacial score (nSPS) is 12.9. The molecule has 1 N–H and O–H groups in total. The number of nitrogens with one attached hydrogen (secondary N) is 1. The molecule has 0 aliphatic rings. The fourth-order valence-electron chi connectivity index (χ4n) is 1.39. The lowest BCUT2D eigenvalue weighted by Gasteiger charge is -2.19. The number of ether oxygens (including phenoxy) is 3. The number of methoxy groups -OCH3 is 1. The van der Waals surface area contributed by atoms with Crippen LogP contribution < -0.4 is 5.32 Å². The Labute approximate surface area is 134 Å². The van der Waals surface area contributed by atoms with Gasteiger partial charge in [-0.2, -0.15) is 4.79 Å². The molecule has 0 aromatic carbocycles. The molecule has 0 spiro atoms. The van der Waals surface area contributed by atoms with Gasteiger partial charge in [0.1, 0.15) is 12.1 Å². The number of esters is 1. The second kappa shape index (κ2) is 11.5. The quantitative estimate of drug-likeness (QED) is 0.188. The Morgan fingerprint density at radius 3 is 2.43 bits per heavy atom. The van der Waals surface area contributed by atoms with E-state index in [1.54, 1.807) is 13.8 Å². The molecule has 0 unspecified atom stereocenters. The maximum atomic E-state index is 12.0. The molecule has 9 heteroatoms. The lowest BCUT2D eigenvalue weighted by molar-refractivity contribution is -0.163. The Kier molecular flexibility index (Phi) is 10.4. The molecule has 9 nitrogen and oxygen atoms in total. The molecule has 23 heavy (non-hydrogen) atoms. The van der Waals surface area contributed by atoms with Gasteiger partial charge in [0.05, 0.1) is 6.10 Å². The summed E-state index contributed by atoms with van der Waals surface area (Å²) in [5.41, 5.74) is 8.28. The van der Waals surface area contributed by atoms with Gasteiger partial charge in [0.2, 0.25) is 11.7 Å². The summed E-state index contributed by atoms with van der Waals surface area (Å²) in [6.45, 7) is 4.82. The number of carbonyl (C=O) groups is 3. The summed E-state index contributed by atoms with van der Waals surface area (Å²) in [4.78, 5) is 37.7. The minimum Gasteiger partial charge on any atom is -0.437 e. The lowest BCUT2D eigenvalue weighted by Crippen LogP contribution is -2.46. The van der Waals surface area contributed by atoms with E-state index in [1.807, 2.05) is 0 Å². The second-order valence-corrected chi connectivity index (χ2v) is 4.99. The van der Waals surface area contributed by atoms with Gasteiger partial charge in [-0.1, -0.05) is 0 Å². The molecule has 2 atom stereocenters. The summed E-state index contributed by atoms with van der Waals surface area (Å²) < 4.78 is 14.9. The molecule has 0 rings (SSSR count). The second-order valence-electron chi connectivity index (χ2n) is 4.99. The topological polar surface area (TPSA) is 127 Å². The van der Waals surface area contributed by atoms with Crippen LogP contribution in [0.25, 0.3) is 5.53 Å². The summed E-state index contributed by atoms with van der Waals surface area (Å²) in [7, 11) is 1.36. The van der Waals surface area contributed by atoms with E-state index in [1.165, 1.54) is 14.0 Å². The molecule has 0 aromatic heterocycles. The van der Waals surface area contributed by atoms with Gasteiger partial charge >= 0.3 is 12.2 Å². The zero-order chi connectivity index (χ0) is 17.8. The molecule has 0 saturated carbocycles. The number of nitrogens with zero attached hydrogens (tertiary/aromatic N) is 2. The maximum Gasteiger partial charge on any atom is 0.330 e. The van der Waals surface area contributed by atoms with Crippen LogP contribution in [0.5, 0.6) is 0 Å². The van der Waals surface area contributed by atoms with Crippen molar-refractivity contribution in [2.45, 2.75) is 51.9 Å². The third-order valence-corrected chi connectivity index (χ3v) is 2.81. The zero-order valence-corrected chi connectivity index (χ0v) is 13.8. The Morgan fingerprint density at radius 1 is 1.26 bits per heavy atom. The molecule has 0 saturated heterocycles. The summed E-state index contributed by atoms with van der Waals surface area (Å²) in [6, 6.07) is -1.04. The number of hydrogen-bond acceptors (Lipinski definition) is 6. The molecule has 0 bridgehead atoms. The number of Topliss-reactive ketones (excluding diaryl/α,β-unsaturated/α-hetero) is 1. The molecule has 0 aliphatic carbocycles. The molecule has 0 aliphatic heterocycles. The van der Waals surface area contributed by atoms with Gasteiger partial charge < -0.3 is 25.1 Å². The van der Waals surface area contributed by atoms with E-state index >= 15 is 0 Å². The van der Waals surface area contributed by atoms with E-state index in [-0.39, 0.29) is 25.7 Å². The monoisotopic (exact) mass is 329 g/mol. The average Bonchev–Trinajstić information content (AvgIpc) is 2.49. The van der Waals surface area contributed by atoms with Crippen LogP contribution >= 0.6 is 0 Å². The molecular weight excluding hydrogens is 306 g/mol. The minimum absolute atomic E-state index is 0.00641. The molecule has 0 radical (unpaired) electrons. The van der Waals surface area contributed by atoms with Crippen molar-refractivity contribution in [1.29, 1.82) is 0 Å². The first kappa shape index (κ1) is 20.9. The molecule has 0 fully saturated rings. The summed E-state index contributed by atoms with van der Waals surface area (Å²) in [6.07, 6.45) is -0.257. The number of hydrogen-bond donors (Lipinski definition) is 1. The lowest BCUT2D eigenvalue weighted by atomic mass is 10.1. The average molecular weight is 329 g/mol. The molecule has 0 heterocycles. The van der Waals surface area contributed by atoms with Crippen LogP contribution in [0, 0.1) is 0 Å². The Balaban J connectivity index is 4.70. The first-order valence-corrected chi connectivity index (χ1v) is 7.13. The predicted octanol–water partition coefficient (Wildman–Crippen LogP) is 0.0817. The van der Waals surface area contributed by atoms with Gasteiger partial charge in [0, 0.05) is 13.5 Å². The Hall–Kier alpha value is -2.09. The van der Waals surface area contributed by atoms with Crippen LogP contribution in [0.1, 0.15) is 33.6 Å². The van der Waals surface area contributed by atoms with E-state index in [9.17, 15) is 14.4 Å². The van der Waals surface area contributed by atoms with E-state index in [0.717, 1.165) is 6.21 Å². The van der Waals surface area contributed by atoms with Crippen molar-refractivity contribution in [2.24, 2.45) is 0 Å². The number of rotatable bonds is 11. The van der Waals surface area contributed by atoms with Crippen LogP contribution in [-0.4, -0.2) is 60.8 Å². The summed E-state index contributed by atoms with van der Waals surface area (Å²) in [5.74, 6) is -1.73. The highest BCUT2D eigenvalue weighted by Crippen LogP contribution is 2.03. The highest BCUT2D eigenvalue weighted by atomic mass is 16.7. The highest BCUT2D eigenvalue weighted by molar-refractivity contribution is 6.25. The number of amides is 1. The third-order valence-electron chi connectivity index (χ3n) is 2.81. The van der Waals surface area contributed by atoms with Gasteiger partial charge in [0.25, 0.3) is 0 Å². The van der Waals surface area contributed by atoms with Crippen molar-refractivity contribution in [3.05, 3.63) is 5.53 Å². The smallest absolute Gasteiger partial charge is 0.330 e. The van der Waals surface area contributed by atoms with E-state index in [4.69, 9.17) is 19.7 Å². The first-order valence-electron chi connectivity index (χ1n) is 7.13. The van der Waals surface area contributed by atoms with Gasteiger partial charge in [-0.15, -0.1) is 0 Å². The molecule has 1 amide bonds. The number of carbonyl (C=O) groups excluding carboxylic acids is 3.